The van der Waals surface area contributed by atoms with Gasteiger partial charge >= 0.3 is 0 Å². The molecule has 62 valence electrons. The highest BCUT2D eigenvalue weighted by atomic mass is 32.1. The molecule has 3 nitrogen and oxygen atoms in total. The van der Waals surface area contributed by atoms with Crippen molar-refractivity contribution in [2.24, 2.45) is 5.73 Å². The van der Waals surface area contributed by atoms with E-state index in [0.29, 0.717) is 5.11 Å². The molecule has 0 aromatic carbocycles. The summed E-state index contributed by atoms with van der Waals surface area (Å²) in [5.74, 6) is 0. The number of nitrogens with two attached hydrogens (primary N) is 1. The van der Waals surface area contributed by atoms with Crippen molar-refractivity contribution in [3.8, 4) is 0 Å². The van der Waals surface area contributed by atoms with Crippen molar-refractivity contribution in [1.29, 1.82) is 0 Å². The van der Waals surface area contributed by atoms with Crippen molar-refractivity contribution in [3.63, 3.8) is 0 Å². The molecular weight excluding hydrogens is 158 g/mol. The Morgan fingerprint density at radius 3 is 2.27 bits per heavy atom. The Morgan fingerprint density at radius 2 is 1.91 bits per heavy atom. The minimum atomic E-state index is 0.508. The molecule has 0 amide bonds. The molecule has 0 saturated carbocycles. The van der Waals surface area contributed by atoms with Crippen LogP contribution >= 0.6 is 12.2 Å². The molecule has 11 heavy (non-hydrogen) atoms. The molecular formula is C7H13N3S. The molecule has 1 aliphatic rings. The standard InChI is InChI=1S/C7H13N3S/c1-2-9-3-5-10(6-4-9)7(8)11/h2H,1,3-6H2,(H2,8,11). The molecule has 0 atom stereocenters. The van der Waals surface area contributed by atoms with Crippen LogP contribution in [0.2, 0.25) is 0 Å². The summed E-state index contributed by atoms with van der Waals surface area (Å²) < 4.78 is 0. The average molecular weight is 171 g/mol. The lowest BCUT2D eigenvalue weighted by Crippen LogP contribution is -2.48. The van der Waals surface area contributed by atoms with Crippen molar-refractivity contribution in [2.45, 2.75) is 0 Å². The van der Waals surface area contributed by atoms with Gasteiger partial charge in [0.1, 0.15) is 0 Å². The zero-order valence-electron chi connectivity index (χ0n) is 6.49. The fraction of sp³-hybridized carbons (Fsp3) is 0.571. The summed E-state index contributed by atoms with van der Waals surface area (Å²) >= 11 is 4.85. The largest absolute Gasteiger partial charge is 0.376 e. The Kier molecular flexibility index (Phi) is 2.70. The van der Waals surface area contributed by atoms with Gasteiger partial charge in [0.25, 0.3) is 0 Å². The van der Waals surface area contributed by atoms with E-state index in [1.54, 1.807) is 0 Å². The van der Waals surface area contributed by atoms with Crippen molar-refractivity contribution in [1.82, 2.24) is 9.80 Å². The van der Waals surface area contributed by atoms with E-state index >= 15 is 0 Å². The summed E-state index contributed by atoms with van der Waals surface area (Å²) in [6.45, 7) is 7.48. The van der Waals surface area contributed by atoms with Crippen molar-refractivity contribution >= 4 is 17.3 Å². The Morgan fingerprint density at radius 1 is 1.36 bits per heavy atom. The summed E-state index contributed by atoms with van der Waals surface area (Å²) in [4.78, 5) is 4.17. The minimum absolute atomic E-state index is 0.508. The third-order valence-electron chi connectivity index (χ3n) is 1.88. The first-order valence-corrected chi connectivity index (χ1v) is 4.06. The Hall–Kier alpha value is -0.770. The van der Waals surface area contributed by atoms with Crippen LogP contribution in [0, 0.1) is 0 Å². The van der Waals surface area contributed by atoms with Gasteiger partial charge in [-0.25, -0.2) is 0 Å². The van der Waals surface area contributed by atoms with Gasteiger partial charge in [-0.3, -0.25) is 0 Å². The lowest BCUT2D eigenvalue weighted by atomic mass is 10.3. The number of hydrogen-bond donors (Lipinski definition) is 1. The highest BCUT2D eigenvalue weighted by Crippen LogP contribution is 2.00. The summed E-state index contributed by atoms with van der Waals surface area (Å²) in [6, 6.07) is 0. The summed E-state index contributed by atoms with van der Waals surface area (Å²) in [7, 11) is 0. The highest BCUT2D eigenvalue weighted by molar-refractivity contribution is 7.80. The number of hydrogen-bond acceptors (Lipinski definition) is 2. The lowest BCUT2D eigenvalue weighted by molar-refractivity contribution is 0.239. The van der Waals surface area contributed by atoms with Crippen molar-refractivity contribution in [3.05, 3.63) is 12.8 Å². The van der Waals surface area contributed by atoms with Crippen LogP contribution in [0.1, 0.15) is 0 Å². The smallest absolute Gasteiger partial charge is 0.166 e. The third-order valence-corrected chi connectivity index (χ3v) is 2.14. The van der Waals surface area contributed by atoms with E-state index in [0.717, 1.165) is 26.2 Å². The fourth-order valence-corrected chi connectivity index (χ4v) is 1.31. The second-order valence-electron chi connectivity index (χ2n) is 2.54. The van der Waals surface area contributed by atoms with Gasteiger partial charge in [-0.05, 0) is 18.4 Å². The van der Waals surface area contributed by atoms with Gasteiger partial charge in [0.2, 0.25) is 0 Å². The van der Waals surface area contributed by atoms with Gasteiger partial charge in [0.15, 0.2) is 5.11 Å². The quantitative estimate of drug-likeness (QED) is 0.563. The Balaban J connectivity index is 2.35. The van der Waals surface area contributed by atoms with Crippen LogP contribution in [-0.2, 0) is 0 Å². The summed E-state index contributed by atoms with van der Waals surface area (Å²) in [5.41, 5.74) is 5.47. The van der Waals surface area contributed by atoms with Crippen LogP contribution in [0.25, 0.3) is 0 Å². The first-order chi connectivity index (χ1) is 5.24. The van der Waals surface area contributed by atoms with Gasteiger partial charge in [-0.15, -0.1) is 0 Å². The first kappa shape index (κ1) is 8.33. The first-order valence-electron chi connectivity index (χ1n) is 3.65. The van der Waals surface area contributed by atoms with Gasteiger partial charge in [0.05, 0.1) is 0 Å². The van der Waals surface area contributed by atoms with Crippen molar-refractivity contribution in [2.75, 3.05) is 26.2 Å². The van der Waals surface area contributed by atoms with E-state index in [2.05, 4.69) is 11.5 Å². The molecule has 1 fully saturated rings. The molecule has 1 rings (SSSR count). The van der Waals surface area contributed by atoms with Crippen LogP contribution < -0.4 is 5.73 Å². The molecule has 1 aliphatic heterocycles. The molecule has 0 unspecified atom stereocenters. The molecule has 0 bridgehead atoms. The Bertz CT molecular complexity index is 161. The predicted molar refractivity (Wildman–Crippen MR) is 50.1 cm³/mol. The normalized spacial score (nSPS) is 18.2. The third kappa shape index (κ3) is 2.08. The van der Waals surface area contributed by atoms with Crippen LogP contribution in [0.3, 0.4) is 0 Å². The van der Waals surface area contributed by atoms with E-state index in [1.807, 2.05) is 11.1 Å². The number of rotatable bonds is 1. The summed E-state index contributed by atoms with van der Waals surface area (Å²) in [6.07, 6.45) is 1.86. The lowest BCUT2D eigenvalue weighted by Gasteiger charge is -2.34. The maximum absolute atomic E-state index is 5.47. The zero-order valence-corrected chi connectivity index (χ0v) is 7.31. The molecule has 2 N–H and O–H groups in total. The minimum Gasteiger partial charge on any atom is -0.376 e. The van der Waals surface area contributed by atoms with E-state index in [-0.39, 0.29) is 0 Å². The highest BCUT2D eigenvalue weighted by Gasteiger charge is 2.13. The van der Waals surface area contributed by atoms with E-state index < -0.39 is 0 Å². The number of thiocarbonyl (C=S) groups is 1. The maximum Gasteiger partial charge on any atom is 0.166 e. The summed E-state index contributed by atoms with van der Waals surface area (Å²) in [5, 5.41) is 0.508. The zero-order chi connectivity index (χ0) is 8.27. The molecule has 1 saturated heterocycles. The molecule has 0 aromatic rings. The molecule has 4 heteroatoms. The predicted octanol–water partition coefficient (Wildman–Crippen LogP) is -0.00890. The molecule has 0 radical (unpaired) electrons. The van der Waals surface area contributed by atoms with Gasteiger partial charge < -0.3 is 15.5 Å². The van der Waals surface area contributed by atoms with Crippen molar-refractivity contribution < 1.29 is 0 Å². The number of piperazine rings is 1. The maximum atomic E-state index is 5.47. The van der Waals surface area contributed by atoms with Gasteiger partial charge in [-0.1, -0.05) is 6.58 Å². The second kappa shape index (κ2) is 3.57. The molecule has 0 aromatic heterocycles. The molecule has 0 aliphatic carbocycles. The second-order valence-corrected chi connectivity index (χ2v) is 2.96. The number of nitrogens with zero attached hydrogens (tertiary/aromatic N) is 2. The van der Waals surface area contributed by atoms with Gasteiger partial charge in [-0.2, -0.15) is 0 Å². The molecule has 1 heterocycles. The van der Waals surface area contributed by atoms with Crippen LogP contribution in [0.5, 0.6) is 0 Å². The Labute approximate surface area is 72.5 Å². The van der Waals surface area contributed by atoms with E-state index in [4.69, 9.17) is 18.0 Å². The average Bonchev–Trinajstić information content (AvgIpc) is 2.05. The van der Waals surface area contributed by atoms with Crippen LogP contribution in [0.15, 0.2) is 12.8 Å². The monoisotopic (exact) mass is 171 g/mol. The SMILES string of the molecule is C=CN1CCN(C(N)=S)CC1. The topological polar surface area (TPSA) is 32.5 Å². The van der Waals surface area contributed by atoms with E-state index in [9.17, 15) is 0 Å². The fourth-order valence-electron chi connectivity index (χ4n) is 1.12. The van der Waals surface area contributed by atoms with Crippen LogP contribution in [0.4, 0.5) is 0 Å². The van der Waals surface area contributed by atoms with E-state index in [1.165, 1.54) is 0 Å². The molecule has 0 spiro atoms. The van der Waals surface area contributed by atoms with Crippen LogP contribution in [-0.4, -0.2) is 41.1 Å². The van der Waals surface area contributed by atoms with Gasteiger partial charge in [0, 0.05) is 26.2 Å².